The molecule has 1 aliphatic carbocycles. The molecule has 1 saturated carbocycles. The average Bonchev–Trinajstić information content (AvgIpc) is 2.38. The van der Waals surface area contributed by atoms with Crippen molar-refractivity contribution in [1.29, 1.82) is 0 Å². The average molecular weight is 306 g/mol. The third-order valence-electron chi connectivity index (χ3n) is 3.70. The Bertz CT molecular complexity index is 541. The minimum absolute atomic E-state index is 0.00788. The van der Waals surface area contributed by atoms with Gasteiger partial charge < -0.3 is 0 Å². The minimum Gasteiger partial charge on any atom is -0.298 e. The van der Waals surface area contributed by atoms with Crippen LogP contribution in [0.2, 0.25) is 5.02 Å². The summed E-state index contributed by atoms with van der Waals surface area (Å²) >= 11 is 5.83. The van der Waals surface area contributed by atoms with Crippen molar-refractivity contribution in [2.24, 2.45) is 16.3 Å². The summed E-state index contributed by atoms with van der Waals surface area (Å²) in [5, 5.41) is 0.711. The molecule has 0 saturated heterocycles. The normalized spacial score (nSPS) is 19.4. The molecule has 0 spiro atoms. The molecule has 0 aliphatic heterocycles. The molecule has 21 heavy (non-hydrogen) atoms. The number of hydrogen-bond donors (Lipinski definition) is 0. The van der Waals surface area contributed by atoms with Crippen LogP contribution in [0.15, 0.2) is 29.3 Å². The predicted molar refractivity (Wildman–Crippen MR) is 85.0 cm³/mol. The molecule has 2 rings (SSSR count). The summed E-state index contributed by atoms with van der Waals surface area (Å²) in [5.41, 5.74) is 0.931. The number of halogens is 1. The lowest BCUT2D eigenvalue weighted by atomic mass is 9.72. The maximum atomic E-state index is 12.0. The Kier molecular flexibility index (Phi) is 4.94. The van der Waals surface area contributed by atoms with Crippen LogP contribution in [0.4, 0.5) is 0 Å². The maximum absolute atomic E-state index is 12.0. The molecule has 0 heterocycles. The highest BCUT2D eigenvalue weighted by atomic mass is 35.5. The number of carbonyl (C=O) groups excluding carboxylic acids is 2. The lowest BCUT2D eigenvalue weighted by Crippen LogP contribution is -2.38. The number of hydrogen-bond acceptors (Lipinski definition) is 3. The highest BCUT2D eigenvalue weighted by Crippen LogP contribution is 2.33. The van der Waals surface area contributed by atoms with E-state index in [1.54, 1.807) is 0 Å². The molecule has 0 N–H and O–H groups in total. The number of aliphatic imine (C=N–C) groups is 1. The van der Waals surface area contributed by atoms with Crippen molar-refractivity contribution in [2.45, 2.75) is 33.1 Å². The van der Waals surface area contributed by atoms with Gasteiger partial charge in [-0.15, -0.1) is 0 Å². The molecule has 1 aromatic carbocycles. The second-order valence-electron chi connectivity index (χ2n) is 6.36. The number of rotatable bonds is 4. The van der Waals surface area contributed by atoms with Gasteiger partial charge in [0.25, 0.3) is 0 Å². The van der Waals surface area contributed by atoms with Crippen molar-refractivity contribution in [1.82, 2.24) is 0 Å². The Morgan fingerprint density at radius 2 is 1.76 bits per heavy atom. The fourth-order valence-corrected chi connectivity index (χ4v) is 2.72. The molecule has 1 fully saturated rings. The van der Waals surface area contributed by atoms with Gasteiger partial charge in [-0.2, -0.15) is 0 Å². The summed E-state index contributed by atoms with van der Waals surface area (Å²) in [6.45, 7) is 4.48. The summed E-state index contributed by atoms with van der Waals surface area (Å²) in [7, 11) is 0. The van der Waals surface area contributed by atoms with E-state index in [-0.39, 0.29) is 17.0 Å². The smallest absolute Gasteiger partial charge is 0.149 e. The van der Waals surface area contributed by atoms with Crippen molar-refractivity contribution in [3.05, 3.63) is 34.9 Å². The van der Waals surface area contributed by atoms with Gasteiger partial charge in [0.1, 0.15) is 17.5 Å². The zero-order valence-electron chi connectivity index (χ0n) is 12.4. The van der Waals surface area contributed by atoms with E-state index in [0.29, 0.717) is 24.4 Å². The quantitative estimate of drug-likeness (QED) is 0.631. The standard InChI is InChI=1S/C17H20ClNO2/c1-17(2)9-15(20)14(16(21)10-17)11-19-8-7-12-3-5-13(18)6-4-12/h3-6,11,14H,7-10H2,1-2H3. The topological polar surface area (TPSA) is 46.5 Å². The SMILES string of the molecule is CC1(C)CC(=O)C(C=NCCc2ccc(Cl)cc2)C(=O)C1. The summed E-state index contributed by atoms with van der Waals surface area (Å²) in [6.07, 6.45) is 3.21. The molecular weight excluding hydrogens is 286 g/mol. The maximum Gasteiger partial charge on any atom is 0.149 e. The van der Waals surface area contributed by atoms with Crippen LogP contribution < -0.4 is 0 Å². The highest BCUT2D eigenvalue weighted by molar-refractivity contribution is 6.30. The van der Waals surface area contributed by atoms with Gasteiger partial charge in [0.2, 0.25) is 0 Å². The first-order chi connectivity index (χ1) is 9.87. The molecule has 0 amide bonds. The molecule has 3 nitrogen and oxygen atoms in total. The zero-order chi connectivity index (χ0) is 15.5. The van der Waals surface area contributed by atoms with E-state index in [1.165, 1.54) is 6.21 Å². The second-order valence-corrected chi connectivity index (χ2v) is 6.80. The zero-order valence-corrected chi connectivity index (χ0v) is 13.2. The van der Waals surface area contributed by atoms with Crippen LogP contribution in [-0.4, -0.2) is 24.3 Å². The van der Waals surface area contributed by atoms with E-state index in [2.05, 4.69) is 4.99 Å². The van der Waals surface area contributed by atoms with E-state index in [1.807, 2.05) is 38.1 Å². The van der Waals surface area contributed by atoms with E-state index in [9.17, 15) is 9.59 Å². The summed E-state index contributed by atoms with van der Waals surface area (Å²) in [5.74, 6) is -0.652. The van der Waals surface area contributed by atoms with Crippen molar-refractivity contribution >= 4 is 29.4 Å². The van der Waals surface area contributed by atoms with Crippen LogP contribution in [-0.2, 0) is 16.0 Å². The molecule has 1 aromatic rings. The van der Waals surface area contributed by atoms with Gasteiger partial charge in [0, 0.05) is 30.6 Å². The lowest BCUT2D eigenvalue weighted by Gasteiger charge is -2.30. The molecule has 0 atom stereocenters. The predicted octanol–water partition coefficient (Wildman–Crippen LogP) is 3.53. The van der Waals surface area contributed by atoms with Crippen LogP contribution in [0, 0.1) is 11.3 Å². The fraction of sp³-hybridized carbons (Fsp3) is 0.471. The first-order valence-corrected chi connectivity index (χ1v) is 7.55. The Morgan fingerprint density at radius 1 is 1.19 bits per heavy atom. The van der Waals surface area contributed by atoms with Crippen molar-refractivity contribution in [3.63, 3.8) is 0 Å². The van der Waals surface area contributed by atoms with E-state index >= 15 is 0 Å². The van der Waals surface area contributed by atoms with Gasteiger partial charge >= 0.3 is 0 Å². The Hall–Kier alpha value is -1.48. The number of Topliss-reactive ketones (excluding diaryl/α,β-unsaturated/α-hetero) is 2. The molecule has 1 aliphatic rings. The van der Waals surface area contributed by atoms with Crippen LogP contribution >= 0.6 is 11.6 Å². The molecule has 4 heteroatoms. The van der Waals surface area contributed by atoms with E-state index in [4.69, 9.17) is 11.6 Å². The van der Waals surface area contributed by atoms with Gasteiger partial charge in [-0.3, -0.25) is 14.6 Å². The third kappa shape index (κ3) is 4.50. The monoisotopic (exact) mass is 305 g/mol. The number of carbonyl (C=O) groups is 2. The van der Waals surface area contributed by atoms with Gasteiger partial charge in [-0.25, -0.2) is 0 Å². The molecule has 0 unspecified atom stereocenters. The Morgan fingerprint density at radius 3 is 2.33 bits per heavy atom. The Balaban J connectivity index is 1.88. The molecule has 0 aromatic heterocycles. The van der Waals surface area contributed by atoms with E-state index in [0.717, 1.165) is 12.0 Å². The van der Waals surface area contributed by atoms with Crippen molar-refractivity contribution in [2.75, 3.05) is 6.54 Å². The van der Waals surface area contributed by atoms with Gasteiger partial charge in [-0.05, 0) is 29.5 Å². The van der Waals surface area contributed by atoms with Crippen LogP contribution in [0.1, 0.15) is 32.3 Å². The van der Waals surface area contributed by atoms with E-state index < -0.39 is 5.92 Å². The largest absolute Gasteiger partial charge is 0.298 e. The number of nitrogens with zero attached hydrogens (tertiary/aromatic N) is 1. The first kappa shape index (κ1) is 15.9. The second kappa shape index (κ2) is 6.52. The third-order valence-corrected chi connectivity index (χ3v) is 3.95. The minimum atomic E-state index is -0.636. The lowest BCUT2D eigenvalue weighted by molar-refractivity contribution is -0.136. The molecule has 0 bridgehead atoms. The highest BCUT2D eigenvalue weighted by Gasteiger charge is 2.38. The Labute approximate surface area is 130 Å². The van der Waals surface area contributed by atoms with Gasteiger partial charge in [-0.1, -0.05) is 37.6 Å². The van der Waals surface area contributed by atoms with Crippen LogP contribution in [0.25, 0.3) is 0 Å². The molecule has 112 valence electrons. The van der Waals surface area contributed by atoms with Crippen LogP contribution in [0.3, 0.4) is 0 Å². The molecular formula is C17H20ClNO2. The molecule has 0 radical (unpaired) electrons. The summed E-state index contributed by atoms with van der Waals surface area (Å²) in [6, 6.07) is 7.60. The number of benzene rings is 1. The first-order valence-electron chi connectivity index (χ1n) is 7.17. The summed E-state index contributed by atoms with van der Waals surface area (Å²) in [4.78, 5) is 28.3. The number of ketones is 2. The van der Waals surface area contributed by atoms with Gasteiger partial charge in [0.05, 0.1) is 0 Å². The van der Waals surface area contributed by atoms with Crippen molar-refractivity contribution < 1.29 is 9.59 Å². The fourth-order valence-electron chi connectivity index (χ4n) is 2.60. The van der Waals surface area contributed by atoms with Crippen molar-refractivity contribution in [3.8, 4) is 0 Å². The van der Waals surface area contributed by atoms with Crippen LogP contribution in [0.5, 0.6) is 0 Å². The summed E-state index contributed by atoms with van der Waals surface area (Å²) < 4.78 is 0. The van der Waals surface area contributed by atoms with Gasteiger partial charge in [0.15, 0.2) is 0 Å².